The van der Waals surface area contributed by atoms with Crippen LogP contribution in [0.4, 0.5) is 0 Å². The van der Waals surface area contributed by atoms with Gasteiger partial charge < -0.3 is 0 Å². The molecule has 0 saturated heterocycles. The van der Waals surface area contributed by atoms with Gasteiger partial charge in [0.2, 0.25) is 0 Å². The van der Waals surface area contributed by atoms with E-state index in [1.807, 2.05) is 24.3 Å². The Kier molecular flexibility index (Phi) is 4.46. The maximum absolute atomic E-state index is 6.39. The van der Waals surface area contributed by atoms with Gasteiger partial charge in [-0.25, -0.2) is 9.97 Å². The second kappa shape index (κ2) is 6.33. The first kappa shape index (κ1) is 14.8. The molecule has 1 aromatic heterocycles. The minimum absolute atomic E-state index is 0.404. The summed E-state index contributed by atoms with van der Waals surface area (Å²) in [6.07, 6.45) is 6.05. The molecule has 1 saturated carbocycles. The third-order valence-electron chi connectivity index (χ3n) is 4.15. The van der Waals surface area contributed by atoms with Crippen LogP contribution in [0.1, 0.15) is 49.4 Å². The predicted octanol–water partition coefficient (Wildman–Crippen LogP) is 5.81. The molecule has 4 heteroatoms. The number of halogens is 2. The molecule has 0 atom stereocenters. The van der Waals surface area contributed by atoms with E-state index in [2.05, 4.69) is 16.9 Å². The van der Waals surface area contributed by atoms with E-state index in [4.69, 9.17) is 23.2 Å². The fourth-order valence-electron chi connectivity index (χ4n) is 2.92. The number of hydrogen-bond donors (Lipinski definition) is 0. The Bertz CT molecular complexity index is 609. The van der Waals surface area contributed by atoms with Crippen LogP contribution in [-0.4, -0.2) is 9.97 Å². The molecule has 1 aliphatic rings. The van der Waals surface area contributed by atoms with Gasteiger partial charge in [-0.3, -0.25) is 0 Å². The van der Waals surface area contributed by atoms with Crippen LogP contribution in [0, 0.1) is 6.92 Å². The molecule has 110 valence electrons. The maximum atomic E-state index is 6.39. The lowest BCUT2D eigenvalue weighted by Gasteiger charge is -2.21. The zero-order chi connectivity index (χ0) is 14.8. The van der Waals surface area contributed by atoms with Gasteiger partial charge in [0.25, 0.3) is 0 Å². The van der Waals surface area contributed by atoms with Crippen molar-refractivity contribution in [2.75, 3.05) is 0 Å². The van der Waals surface area contributed by atoms with Crippen LogP contribution in [0.25, 0.3) is 11.1 Å². The van der Waals surface area contributed by atoms with E-state index in [0.29, 0.717) is 16.2 Å². The highest BCUT2D eigenvalue weighted by Gasteiger charge is 2.21. The molecule has 1 fully saturated rings. The molecule has 0 spiro atoms. The number of aromatic nitrogens is 2. The monoisotopic (exact) mass is 320 g/mol. The molecule has 0 unspecified atom stereocenters. The fraction of sp³-hybridized carbons (Fsp3) is 0.412. The Hall–Kier alpha value is -1.12. The summed E-state index contributed by atoms with van der Waals surface area (Å²) in [5.41, 5.74) is 2.90. The number of rotatable bonds is 2. The van der Waals surface area contributed by atoms with Crippen LogP contribution >= 0.6 is 23.2 Å². The first-order chi connectivity index (χ1) is 10.1. The quantitative estimate of drug-likeness (QED) is 0.653. The van der Waals surface area contributed by atoms with Crippen LogP contribution in [0.5, 0.6) is 0 Å². The lowest BCUT2D eigenvalue weighted by atomic mass is 9.88. The van der Waals surface area contributed by atoms with Gasteiger partial charge in [0.15, 0.2) is 0 Å². The van der Waals surface area contributed by atoms with Gasteiger partial charge in [0.1, 0.15) is 16.1 Å². The molecule has 21 heavy (non-hydrogen) atoms. The largest absolute Gasteiger partial charge is 0.220 e. The van der Waals surface area contributed by atoms with Crippen molar-refractivity contribution in [3.63, 3.8) is 0 Å². The van der Waals surface area contributed by atoms with Gasteiger partial charge in [-0.1, -0.05) is 72.3 Å². The Morgan fingerprint density at radius 3 is 2.05 bits per heavy atom. The summed E-state index contributed by atoms with van der Waals surface area (Å²) in [7, 11) is 0. The number of hydrogen-bond acceptors (Lipinski definition) is 2. The van der Waals surface area contributed by atoms with E-state index in [1.54, 1.807) is 0 Å². The third-order valence-corrected chi connectivity index (χ3v) is 4.70. The molecular weight excluding hydrogens is 303 g/mol. The molecule has 0 N–H and O–H groups in total. The number of aryl methyl sites for hydroxylation is 1. The minimum Gasteiger partial charge on any atom is -0.220 e. The van der Waals surface area contributed by atoms with Crippen molar-refractivity contribution < 1.29 is 0 Å². The molecule has 0 aliphatic heterocycles. The summed E-state index contributed by atoms with van der Waals surface area (Å²) in [5.74, 6) is 1.21. The van der Waals surface area contributed by atoms with Crippen molar-refractivity contribution in [2.45, 2.75) is 44.9 Å². The lowest BCUT2D eigenvalue weighted by molar-refractivity contribution is 0.428. The van der Waals surface area contributed by atoms with Gasteiger partial charge in [-0.2, -0.15) is 0 Å². The van der Waals surface area contributed by atoms with Crippen LogP contribution in [0.15, 0.2) is 24.3 Å². The molecule has 0 amide bonds. The van der Waals surface area contributed by atoms with Crippen LogP contribution in [0.2, 0.25) is 10.3 Å². The van der Waals surface area contributed by atoms with E-state index < -0.39 is 0 Å². The van der Waals surface area contributed by atoms with Crippen molar-refractivity contribution >= 4 is 23.2 Å². The highest BCUT2D eigenvalue weighted by molar-refractivity contribution is 6.37. The minimum atomic E-state index is 0.404. The van der Waals surface area contributed by atoms with Gasteiger partial charge in [0.05, 0.1) is 5.56 Å². The van der Waals surface area contributed by atoms with Gasteiger partial charge >= 0.3 is 0 Å². The van der Waals surface area contributed by atoms with Crippen molar-refractivity contribution in [3.05, 3.63) is 46.0 Å². The molecule has 3 rings (SSSR count). The maximum Gasteiger partial charge on any atom is 0.142 e. The molecule has 2 nitrogen and oxygen atoms in total. The highest BCUT2D eigenvalue weighted by atomic mass is 35.5. The zero-order valence-electron chi connectivity index (χ0n) is 12.1. The summed E-state index contributed by atoms with van der Waals surface area (Å²) >= 11 is 12.8. The second-order valence-electron chi connectivity index (χ2n) is 5.74. The Balaban J connectivity index is 1.97. The fourth-order valence-corrected chi connectivity index (χ4v) is 3.54. The van der Waals surface area contributed by atoms with E-state index in [1.165, 1.54) is 24.8 Å². The zero-order valence-corrected chi connectivity index (χ0v) is 13.6. The summed E-state index contributed by atoms with van der Waals surface area (Å²) < 4.78 is 0. The average molecular weight is 321 g/mol. The molecule has 0 radical (unpaired) electrons. The topological polar surface area (TPSA) is 25.8 Å². The number of nitrogens with zero attached hydrogens (tertiary/aromatic N) is 2. The molecular formula is C17H18Cl2N2. The van der Waals surface area contributed by atoms with Crippen LogP contribution < -0.4 is 0 Å². The third kappa shape index (κ3) is 3.22. The number of benzene rings is 1. The highest BCUT2D eigenvalue weighted by Crippen LogP contribution is 2.36. The van der Waals surface area contributed by atoms with E-state index >= 15 is 0 Å². The van der Waals surface area contributed by atoms with Crippen molar-refractivity contribution in [1.29, 1.82) is 0 Å². The SMILES string of the molecule is Cc1ccc(-c2c(Cl)nc(C3CCCCC3)nc2Cl)cc1. The van der Waals surface area contributed by atoms with Crippen molar-refractivity contribution in [2.24, 2.45) is 0 Å². The Morgan fingerprint density at radius 2 is 1.48 bits per heavy atom. The van der Waals surface area contributed by atoms with E-state index in [-0.39, 0.29) is 0 Å². The van der Waals surface area contributed by atoms with Crippen molar-refractivity contribution in [1.82, 2.24) is 9.97 Å². The Labute approximate surface area is 135 Å². The van der Waals surface area contributed by atoms with E-state index in [0.717, 1.165) is 29.8 Å². The molecule has 0 bridgehead atoms. The second-order valence-corrected chi connectivity index (χ2v) is 6.46. The predicted molar refractivity (Wildman–Crippen MR) is 88.1 cm³/mol. The summed E-state index contributed by atoms with van der Waals surface area (Å²) in [5, 5.41) is 0.916. The normalized spacial score (nSPS) is 16.1. The molecule has 1 heterocycles. The van der Waals surface area contributed by atoms with Crippen LogP contribution in [0.3, 0.4) is 0 Å². The van der Waals surface area contributed by atoms with Gasteiger partial charge in [-0.05, 0) is 25.3 Å². The first-order valence-electron chi connectivity index (χ1n) is 7.45. The standard InChI is InChI=1S/C17H18Cl2N2/c1-11-7-9-12(10-8-11)14-15(18)20-17(21-16(14)19)13-5-3-2-4-6-13/h7-10,13H,2-6H2,1H3. The van der Waals surface area contributed by atoms with Gasteiger partial charge in [0, 0.05) is 5.92 Å². The summed E-state index contributed by atoms with van der Waals surface area (Å²) in [4.78, 5) is 9.05. The first-order valence-corrected chi connectivity index (χ1v) is 8.20. The van der Waals surface area contributed by atoms with Crippen molar-refractivity contribution in [3.8, 4) is 11.1 Å². The molecule has 2 aromatic rings. The van der Waals surface area contributed by atoms with Gasteiger partial charge in [-0.15, -0.1) is 0 Å². The molecule has 1 aromatic carbocycles. The van der Waals surface area contributed by atoms with Crippen LogP contribution in [-0.2, 0) is 0 Å². The lowest BCUT2D eigenvalue weighted by Crippen LogP contribution is -2.09. The average Bonchev–Trinajstić information content (AvgIpc) is 2.49. The molecule has 1 aliphatic carbocycles. The smallest absolute Gasteiger partial charge is 0.142 e. The Morgan fingerprint density at radius 1 is 0.905 bits per heavy atom. The summed E-state index contributed by atoms with van der Waals surface area (Å²) in [6.45, 7) is 2.05. The van der Waals surface area contributed by atoms with E-state index in [9.17, 15) is 0 Å². The summed E-state index contributed by atoms with van der Waals surface area (Å²) in [6, 6.07) is 8.09.